The first-order chi connectivity index (χ1) is 10.6. The Morgan fingerprint density at radius 1 is 1.18 bits per heavy atom. The number of aliphatic hydroxyl groups is 2. The zero-order chi connectivity index (χ0) is 15.8. The van der Waals surface area contributed by atoms with Gasteiger partial charge in [0.1, 0.15) is 0 Å². The maximum atomic E-state index is 11.1. The van der Waals surface area contributed by atoms with Crippen LogP contribution in [0.4, 0.5) is 0 Å². The quantitative estimate of drug-likeness (QED) is 0.783. The predicted molar refractivity (Wildman–Crippen MR) is 82.7 cm³/mol. The zero-order valence-electron chi connectivity index (χ0n) is 13.6. The van der Waals surface area contributed by atoms with Crippen LogP contribution in [0.1, 0.15) is 71.1 Å². The van der Waals surface area contributed by atoms with Crippen molar-refractivity contribution in [3.63, 3.8) is 0 Å². The van der Waals surface area contributed by atoms with Gasteiger partial charge < -0.3 is 14.9 Å². The second-order valence-corrected chi connectivity index (χ2v) is 7.61. The number of fused-ring (bicyclic) bond motifs is 3. The first kappa shape index (κ1) is 16.2. The van der Waals surface area contributed by atoms with Gasteiger partial charge in [0.15, 0.2) is 5.79 Å². The molecule has 3 rings (SSSR count). The van der Waals surface area contributed by atoms with Gasteiger partial charge in [-0.15, -0.1) is 0 Å². The maximum absolute atomic E-state index is 11.1. The summed E-state index contributed by atoms with van der Waals surface area (Å²) in [5, 5.41) is 30.2. The lowest BCUT2D eigenvalue weighted by Gasteiger charge is -2.55. The Morgan fingerprint density at radius 2 is 1.95 bits per heavy atom. The molecule has 2 saturated carbocycles. The highest BCUT2D eigenvalue weighted by atomic mass is 16.6. The molecule has 0 amide bonds. The number of nitrogens with zero attached hydrogens (tertiary/aromatic N) is 1. The molecule has 3 aliphatic rings. The van der Waals surface area contributed by atoms with Gasteiger partial charge in [-0.05, 0) is 62.7 Å². The van der Waals surface area contributed by atoms with Gasteiger partial charge in [0, 0.05) is 18.8 Å². The van der Waals surface area contributed by atoms with Crippen molar-refractivity contribution >= 4 is 0 Å². The molecule has 0 spiro atoms. The van der Waals surface area contributed by atoms with Crippen molar-refractivity contribution in [2.75, 3.05) is 0 Å². The molecule has 4 heteroatoms. The van der Waals surface area contributed by atoms with E-state index in [1.165, 1.54) is 0 Å². The predicted octanol–water partition coefficient (Wildman–Crippen LogP) is 3.13. The van der Waals surface area contributed by atoms with Crippen LogP contribution in [-0.2, 0) is 4.74 Å². The van der Waals surface area contributed by atoms with E-state index in [1.54, 1.807) is 0 Å². The fourth-order valence-electron chi connectivity index (χ4n) is 5.60. The maximum Gasteiger partial charge on any atom is 0.168 e. The number of ether oxygens (including phenoxy) is 1. The van der Waals surface area contributed by atoms with Crippen LogP contribution >= 0.6 is 0 Å². The molecule has 6 atom stereocenters. The largest absolute Gasteiger partial charge is 0.393 e. The van der Waals surface area contributed by atoms with Gasteiger partial charge >= 0.3 is 0 Å². The lowest BCUT2D eigenvalue weighted by molar-refractivity contribution is -0.321. The van der Waals surface area contributed by atoms with E-state index in [9.17, 15) is 10.2 Å². The van der Waals surface area contributed by atoms with E-state index in [0.717, 1.165) is 51.4 Å². The third-order valence-corrected chi connectivity index (χ3v) is 6.81. The Hall–Kier alpha value is -0.630. The van der Waals surface area contributed by atoms with Crippen LogP contribution in [0, 0.1) is 28.6 Å². The van der Waals surface area contributed by atoms with Gasteiger partial charge in [0.05, 0.1) is 18.3 Å². The molecule has 2 N–H and O–H groups in total. The second kappa shape index (κ2) is 6.11. The van der Waals surface area contributed by atoms with E-state index < -0.39 is 5.79 Å². The van der Waals surface area contributed by atoms with E-state index in [2.05, 4.69) is 13.0 Å². The molecule has 22 heavy (non-hydrogen) atoms. The fourth-order valence-corrected chi connectivity index (χ4v) is 5.60. The van der Waals surface area contributed by atoms with Gasteiger partial charge in [-0.2, -0.15) is 5.26 Å². The third-order valence-electron chi connectivity index (χ3n) is 6.81. The standard InChI is InChI=1S/C18H29NO3/c1-2-17-10-11-18(21)15(14(17)8-9-16(17)20)7-6-13(22-18)5-3-4-12-19/h13-16,20-21H,2-11H2,1H3/t13?,14?,15?,16-,17?,18?/m1/s1. The fraction of sp³-hybridized carbons (Fsp3) is 0.944. The van der Waals surface area contributed by atoms with Crippen molar-refractivity contribution in [1.82, 2.24) is 0 Å². The molecule has 0 aromatic heterocycles. The summed E-state index contributed by atoms with van der Waals surface area (Å²) in [6.07, 6.45) is 8.54. The molecular weight excluding hydrogens is 278 g/mol. The van der Waals surface area contributed by atoms with E-state index in [0.29, 0.717) is 18.8 Å². The van der Waals surface area contributed by atoms with Crippen LogP contribution in [0.2, 0.25) is 0 Å². The molecular formula is C18H29NO3. The molecule has 1 aliphatic heterocycles. The summed E-state index contributed by atoms with van der Waals surface area (Å²) in [5.41, 5.74) is 0.00784. The van der Waals surface area contributed by atoms with Crippen molar-refractivity contribution in [2.45, 2.75) is 89.1 Å². The average molecular weight is 307 g/mol. The summed E-state index contributed by atoms with van der Waals surface area (Å²) in [6.45, 7) is 2.18. The number of aliphatic hydroxyl groups excluding tert-OH is 1. The molecule has 1 saturated heterocycles. The van der Waals surface area contributed by atoms with Crippen molar-refractivity contribution in [2.24, 2.45) is 17.3 Å². The van der Waals surface area contributed by atoms with Gasteiger partial charge in [0.2, 0.25) is 0 Å². The Labute approximate surface area is 133 Å². The lowest BCUT2D eigenvalue weighted by atomic mass is 9.57. The summed E-state index contributed by atoms with van der Waals surface area (Å²) in [4.78, 5) is 0. The summed E-state index contributed by atoms with van der Waals surface area (Å²) >= 11 is 0. The molecule has 4 nitrogen and oxygen atoms in total. The molecule has 0 aromatic carbocycles. The van der Waals surface area contributed by atoms with Crippen molar-refractivity contribution in [1.29, 1.82) is 5.26 Å². The zero-order valence-corrected chi connectivity index (χ0v) is 13.6. The topological polar surface area (TPSA) is 73.5 Å². The van der Waals surface area contributed by atoms with Crippen LogP contribution in [-0.4, -0.2) is 28.2 Å². The molecule has 1 heterocycles. The number of unbranched alkanes of at least 4 members (excludes halogenated alkanes) is 1. The van der Waals surface area contributed by atoms with Crippen LogP contribution in [0.3, 0.4) is 0 Å². The highest BCUT2D eigenvalue weighted by Crippen LogP contribution is 2.61. The normalized spacial score (nSPS) is 47.5. The molecule has 2 aliphatic carbocycles. The molecule has 3 fully saturated rings. The van der Waals surface area contributed by atoms with Gasteiger partial charge in [-0.25, -0.2) is 0 Å². The van der Waals surface area contributed by atoms with Crippen molar-refractivity contribution < 1.29 is 14.9 Å². The van der Waals surface area contributed by atoms with Gasteiger partial charge in [-0.3, -0.25) is 0 Å². The SMILES string of the molecule is CCC12CCC3(O)OC(CCCC#N)CCC3C1CC[C@H]2O. The highest BCUT2D eigenvalue weighted by molar-refractivity contribution is 5.07. The average Bonchev–Trinajstić information content (AvgIpc) is 2.84. The van der Waals surface area contributed by atoms with Crippen molar-refractivity contribution in [3.8, 4) is 6.07 Å². The van der Waals surface area contributed by atoms with Gasteiger partial charge in [0.25, 0.3) is 0 Å². The summed E-state index contributed by atoms with van der Waals surface area (Å²) in [5.74, 6) is -0.431. The summed E-state index contributed by atoms with van der Waals surface area (Å²) in [6, 6.07) is 2.17. The van der Waals surface area contributed by atoms with Crippen LogP contribution in [0.5, 0.6) is 0 Å². The molecule has 0 bridgehead atoms. The molecule has 0 aromatic rings. The van der Waals surface area contributed by atoms with Crippen LogP contribution < -0.4 is 0 Å². The van der Waals surface area contributed by atoms with Gasteiger partial charge in [-0.1, -0.05) is 6.92 Å². The van der Waals surface area contributed by atoms with Crippen molar-refractivity contribution in [3.05, 3.63) is 0 Å². The Bertz CT molecular complexity index is 448. The van der Waals surface area contributed by atoms with E-state index in [1.807, 2.05) is 0 Å². The smallest absolute Gasteiger partial charge is 0.168 e. The van der Waals surface area contributed by atoms with E-state index >= 15 is 0 Å². The Morgan fingerprint density at radius 3 is 2.68 bits per heavy atom. The second-order valence-electron chi connectivity index (χ2n) is 7.61. The van der Waals surface area contributed by atoms with Crippen LogP contribution in [0.15, 0.2) is 0 Å². The van der Waals surface area contributed by atoms with E-state index in [-0.39, 0.29) is 23.5 Å². The summed E-state index contributed by atoms with van der Waals surface area (Å²) in [7, 11) is 0. The number of hydrogen-bond acceptors (Lipinski definition) is 4. The number of rotatable bonds is 4. The first-order valence-electron chi connectivity index (χ1n) is 9.01. The number of hydrogen-bond donors (Lipinski definition) is 2. The number of nitriles is 1. The summed E-state index contributed by atoms with van der Waals surface area (Å²) < 4.78 is 6.12. The lowest BCUT2D eigenvalue weighted by Crippen LogP contribution is -2.58. The Balaban J connectivity index is 1.71. The van der Waals surface area contributed by atoms with E-state index in [4.69, 9.17) is 10.00 Å². The minimum Gasteiger partial charge on any atom is -0.393 e. The monoisotopic (exact) mass is 307 g/mol. The molecule has 5 unspecified atom stereocenters. The molecule has 0 radical (unpaired) electrons. The minimum absolute atomic E-state index is 0.00784. The van der Waals surface area contributed by atoms with Crippen LogP contribution in [0.25, 0.3) is 0 Å². The third kappa shape index (κ3) is 2.48. The Kier molecular flexibility index (Phi) is 4.51. The highest BCUT2D eigenvalue weighted by Gasteiger charge is 2.61. The first-order valence-corrected chi connectivity index (χ1v) is 9.01. The molecule has 124 valence electrons. The minimum atomic E-state index is -0.997.